The Kier molecular flexibility index (Phi) is 5.26. The molecule has 4 nitrogen and oxygen atoms in total. The van der Waals surface area contributed by atoms with Crippen molar-refractivity contribution in [1.29, 1.82) is 0 Å². The summed E-state index contributed by atoms with van der Waals surface area (Å²) in [5.41, 5.74) is 4.01. The number of aldehydes is 1. The van der Waals surface area contributed by atoms with Gasteiger partial charge in [-0.15, -0.1) is 0 Å². The van der Waals surface area contributed by atoms with Gasteiger partial charge in [-0.2, -0.15) is 0 Å². The van der Waals surface area contributed by atoms with Gasteiger partial charge in [-0.1, -0.05) is 41.4 Å². The zero-order valence-corrected chi connectivity index (χ0v) is 17.4. The minimum absolute atomic E-state index is 0.0392. The fraction of sp³-hybridized carbons (Fsp3) is 0.318. The number of nitrogens with zero attached hydrogens (tertiary/aromatic N) is 3. The SMILES string of the molecule is Cc1nc(N2CCCC(C=O)C2)c2c(-c3ccc(Cl)c(Cl)c3)ccc(C)c2n1. The molecule has 144 valence electrons. The molecule has 1 saturated heterocycles. The standard InChI is InChI=1S/C22H21Cl2N3O/c1-13-5-7-17(16-6-8-18(23)19(24)10-16)20-21(13)25-14(2)26-22(20)27-9-3-4-15(11-27)12-28/h5-8,10,12,15H,3-4,9,11H2,1-2H3. The predicted molar refractivity (Wildman–Crippen MR) is 115 cm³/mol. The monoisotopic (exact) mass is 413 g/mol. The van der Waals surface area contributed by atoms with Gasteiger partial charge in [-0.25, -0.2) is 9.97 Å². The Morgan fingerprint density at radius 1 is 1.11 bits per heavy atom. The highest BCUT2D eigenvalue weighted by atomic mass is 35.5. The summed E-state index contributed by atoms with van der Waals surface area (Å²) in [6.45, 7) is 5.53. The van der Waals surface area contributed by atoms with Crippen LogP contribution in [0.4, 0.5) is 5.82 Å². The van der Waals surface area contributed by atoms with Crippen LogP contribution in [-0.4, -0.2) is 29.3 Å². The molecule has 1 atom stereocenters. The lowest BCUT2D eigenvalue weighted by molar-refractivity contribution is -0.111. The van der Waals surface area contributed by atoms with Crippen LogP contribution in [0.15, 0.2) is 30.3 Å². The number of carbonyl (C=O) groups is 1. The van der Waals surface area contributed by atoms with Crippen molar-refractivity contribution in [3.05, 3.63) is 51.8 Å². The van der Waals surface area contributed by atoms with Gasteiger partial charge >= 0.3 is 0 Å². The maximum Gasteiger partial charge on any atom is 0.140 e. The van der Waals surface area contributed by atoms with E-state index in [1.165, 1.54) is 0 Å². The molecular formula is C22H21Cl2N3O. The molecule has 1 unspecified atom stereocenters. The zero-order valence-electron chi connectivity index (χ0n) is 15.9. The Bertz CT molecular complexity index is 1070. The molecule has 1 aliphatic heterocycles. The molecule has 0 N–H and O–H groups in total. The van der Waals surface area contributed by atoms with E-state index < -0.39 is 0 Å². The molecule has 6 heteroatoms. The minimum atomic E-state index is 0.0392. The number of aromatic nitrogens is 2. The van der Waals surface area contributed by atoms with Crippen LogP contribution in [0.1, 0.15) is 24.2 Å². The van der Waals surface area contributed by atoms with E-state index in [4.69, 9.17) is 33.2 Å². The third kappa shape index (κ3) is 3.47. The number of rotatable bonds is 3. The summed E-state index contributed by atoms with van der Waals surface area (Å²) >= 11 is 12.4. The van der Waals surface area contributed by atoms with E-state index in [0.717, 1.165) is 64.9 Å². The predicted octanol–water partition coefficient (Wildman–Crippen LogP) is 5.64. The van der Waals surface area contributed by atoms with Crippen LogP contribution in [-0.2, 0) is 4.79 Å². The molecule has 2 heterocycles. The van der Waals surface area contributed by atoms with Crippen LogP contribution in [0.5, 0.6) is 0 Å². The van der Waals surface area contributed by atoms with E-state index in [-0.39, 0.29) is 5.92 Å². The largest absolute Gasteiger partial charge is 0.355 e. The molecule has 0 saturated carbocycles. The molecule has 0 aliphatic carbocycles. The topological polar surface area (TPSA) is 46.1 Å². The maximum absolute atomic E-state index is 11.4. The number of fused-ring (bicyclic) bond motifs is 1. The van der Waals surface area contributed by atoms with Crippen LogP contribution in [0.3, 0.4) is 0 Å². The summed E-state index contributed by atoms with van der Waals surface area (Å²) in [6, 6.07) is 9.80. The summed E-state index contributed by atoms with van der Waals surface area (Å²) in [4.78, 5) is 23.1. The molecule has 3 aromatic rings. The van der Waals surface area contributed by atoms with E-state index in [1.54, 1.807) is 0 Å². The smallest absolute Gasteiger partial charge is 0.140 e. The fourth-order valence-electron chi connectivity index (χ4n) is 3.91. The van der Waals surface area contributed by atoms with E-state index in [2.05, 4.69) is 24.0 Å². The number of halogens is 2. The normalized spacial score (nSPS) is 17.1. The van der Waals surface area contributed by atoms with Crippen molar-refractivity contribution in [2.24, 2.45) is 5.92 Å². The Morgan fingerprint density at radius 2 is 1.93 bits per heavy atom. The second kappa shape index (κ2) is 7.69. The highest BCUT2D eigenvalue weighted by Crippen LogP contribution is 2.38. The van der Waals surface area contributed by atoms with Crippen molar-refractivity contribution in [1.82, 2.24) is 9.97 Å². The van der Waals surface area contributed by atoms with Gasteiger partial charge in [0.2, 0.25) is 0 Å². The molecule has 1 aliphatic rings. The maximum atomic E-state index is 11.4. The van der Waals surface area contributed by atoms with Gasteiger partial charge in [-0.3, -0.25) is 0 Å². The van der Waals surface area contributed by atoms with Crippen molar-refractivity contribution in [3.63, 3.8) is 0 Å². The summed E-state index contributed by atoms with van der Waals surface area (Å²) < 4.78 is 0. The molecular weight excluding hydrogens is 393 g/mol. The molecule has 0 radical (unpaired) electrons. The summed E-state index contributed by atoms with van der Waals surface area (Å²) in [7, 11) is 0. The quantitative estimate of drug-likeness (QED) is 0.521. The van der Waals surface area contributed by atoms with Gasteiger partial charge in [0.15, 0.2) is 0 Å². The fourth-order valence-corrected chi connectivity index (χ4v) is 4.21. The summed E-state index contributed by atoms with van der Waals surface area (Å²) in [5, 5.41) is 2.04. The molecule has 2 aromatic carbocycles. The number of benzene rings is 2. The Balaban J connectivity index is 1.97. The first kappa shape index (κ1) is 19.2. The average Bonchev–Trinajstić information content (AvgIpc) is 2.70. The highest BCUT2D eigenvalue weighted by molar-refractivity contribution is 6.42. The van der Waals surface area contributed by atoms with Gasteiger partial charge in [0.05, 0.1) is 20.9 Å². The average molecular weight is 414 g/mol. The Hall–Kier alpha value is -2.17. The molecule has 1 aromatic heterocycles. The molecule has 0 amide bonds. The van der Waals surface area contributed by atoms with E-state index in [1.807, 2.05) is 25.1 Å². The lowest BCUT2D eigenvalue weighted by atomic mass is 9.96. The number of carbonyl (C=O) groups excluding carboxylic acids is 1. The zero-order chi connectivity index (χ0) is 19.8. The lowest BCUT2D eigenvalue weighted by Gasteiger charge is -2.32. The van der Waals surface area contributed by atoms with Crippen LogP contribution in [0.25, 0.3) is 22.0 Å². The highest BCUT2D eigenvalue weighted by Gasteiger charge is 2.24. The number of anilines is 1. The van der Waals surface area contributed by atoms with Crippen LogP contribution < -0.4 is 4.90 Å². The third-order valence-corrected chi connectivity index (χ3v) is 6.06. The van der Waals surface area contributed by atoms with Crippen molar-refractivity contribution >= 4 is 46.2 Å². The number of aryl methyl sites for hydroxylation is 2. The molecule has 1 fully saturated rings. The third-order valence-electron chi connectivity index (χ3n) is 5.33. The van der Waals surface area contributed by atoms with E-state index in [0.29, 0.717) is 16.6 Å². The summed E-state index contributed by atoms with van der Waals surface area (Å²) in [5.74, 6) is 1.65. The Labute approximate surface area is 174 Å². The van der Waals surface area contributed by atoms with E-state index >= 15 is 0 Å². The second-order valence-corrected chi connectivity index (χ2v) is 8.18. The van der Waals surface area contributed by atoms with Gasteiger partial charge in [0.25, 0.3) is 0 Å². The van der Waals surface area contributed by atoms with Crippen LogP contribution in [0.2, 0.25) is 10.0 Å². The number of hydrogen-bond donors (Lipinski definition) is 0. The number of hydrogen-bond acceptors (Lipinski definition) is 4. The second-order valence-electron chi connectivity index (χ2n) is 7.36. The van der Waals surface area contributed by atoms with Crippen molar-refractivity contribution in [2.45, 2.75) is 26.7 Å². The molecule has 4 rings (SSSR count). The number of piperidine rings is 1. The van der Waals surface area contributed by atoms with Gasteiger partial charge in [-0.05, 0) is 55.5 Å². The first-order valence-electron chi connectivity index (χ1n) is 9.41. The van der Waals surface area contributed by atoms with Gasteiger partial charge in [0.1, 0.15) is 17.9 Å². The van der Waals surface area contributed by atoms with Crippen molar-refractivity contribution in [3.8, 4) is 11.1 Å². The lowest BCUT2D eigenvalue weighted by Crippen LogP contribution is -2.36. The van der Waals surface area contributed by atoms with Gasteiger partial charge in [0, 0.05) is 19.0 Å². The molecule has 0 bridgehead atoms. The van der Waals surface area contributed by atoms with Crippen molar-refractivity contribution < 1.29 is 4.79 Å². The first-order chi connectivity index (χ1) is 13.5. The van der Waals surface area contributed by atoms with Gasteiger partial charge < -0.3 is 9.69 Å². The Morgan fingerprint density at radius 3 is 2.68 bits per heavy atom. The minimum Gasteiger partial charge on any atom is -0.355 e. The molecule has 28 heavy (non-hydrogen) atoms. The first-order valence-corrected chi connectivity index (χ1v) is 10.2. The van der Waals surface area contributed by atoms with Crippen LogP contribution in [0, 0.1) is 19.8 Å². The molecule has 0 spiro atoms. The summed E-state index contributed by atoms with van der Waals surface area (Å²) in [6.07, 6.45) is 2.97. The van der Waals surface area contributed by atoms with Crippen molar-refractivity contribution in [2.75, 3.05) is 18.0 Å². The van der Waals surface area contributed by atoms with Crippen LogP contribution >= 0.6 is 23.2 Å². The van der Waals surface area contributed by atoms with E-state index in [9.17, 15) is 4.79 Å².